The predicted octanol–water partition coefficient (Wildman–Crippen LogP) is 2.15. The van der Waals surface area contributed by atoms with Gasteiger partial charge in [0.1, 0.15) is 11.6 Å². The van der Waals surface area contributed by atoms with E-state index in [1.54, 1.807) is 6.07 Å². The first-order valence-electron chi connectivity index (χ1n) is 5.80. The maximum Gasteiger partial charge on any atom is 0.141 e. The summed E-state index contributed by atoms with van der Waals surface area (Å²) in [4.78, 5) is 3.98. The van der Waals surface area contributed by atoms with E-state index >= 15 is 0 Å². The second kappa shape index (κ2) is 4.78. The van der Waals surface area contributed by atoms with Crippen LogP contribution in [-0.4, -0.2) is 18.1 Å². The Kier molecular flexibility index (Phi) is 3.39. The summed E-state index contributed by atoms with van der Waals surface area (Å²) in [6, 6.07) is 3.08. The van der Waals surface area contributed by atoms with Crippen LogP contribution < -0.4 is 11.1 Å². The Hall–Kier alpha value is -1.16. The van der Waals surface area contributed by atoms with Crippen LogP contribution >= 0.6 is 0 Å². The van der Waals surface area contributed by atoms with Crippen molar-refractivity contribution in [1.82, 2.24) is 4.98 Å². The number of rotatable bonds is 4. The summed E-state index contributed by atoms with van der Waals surface area (Å²) in [5.74, 6) is 0.418. The van der Waals surface area contributed by atoms with Gasteiger partial charge in [-0.15, -0.1) is 0 Å². The highest BCUT2D eigenvalue weighted by atomic mass is 19.1. The third kappa shape index (κ3) is 2.50. The smallest absolute Gasteiger partial charge is 0.141 e. The first-order chi connectivity index (χ1) is 7.74. The molecule has 1 aromatic heterocycles. The van der Waals surface area contributed by atoms with Gasteiger partial charge in [-0.2, -0.15) is 0 Å². The summed E-state index contributed by atoms with van der Waals surface area (Å²) in [6.07, 6.45) is 6.10. The minimum Gasteiger partial charge on any atom is -0.369 e. The maximum absolute atomic E-state index is 12.7. The van der Waals surface area contributed by atoms with Crippen molar-refractivity contribution in [2.24, 2.45) is 11.1 Å². The molecule has 1 saturated carbocycles. The molecule has 1 aliphatic carbocycles. The average molecular weight is 223 g/mol. The highest BCUT2D eigenvalue weighted by Gasteiger charge is 2.32. The second-order valence-electron chi connectivity index (χ2n) is 4.63. The monoisotopic (exact) mass is 223 g/mol. The number of nitrogens with zero attached hydrogens (tertiary/aromatic N) is 1. The van der Waals surface area contributed by atoms with Crippen LogP contribution in [0.1, 0.15) is 25.7 Å². The molecule has 0 saturated heterocycles. The molecular weight excluding hydrogens is 205 g/mol. The maximum atomic E-state index is 12.7. The number of hydrogen-bond acceptors (Lipinski definition) is 3. The van der Waals surface area contributed by atoms with E-state index in [0.29, 0.717) is 6.54 Å². The van der Waals surface area contributed by atoms with Crippen LogP contribution in [0.5, 0.6) is 0 Å². The Morgan fingerprint density at radius 1 is 1.38 bits per heavy atom. The number of nitrogens with one attached hydrogen (secondary N) is 1. The second-order valence-corrected chi connectivity index (χ2v) is 4.63. The number of pyridine rings is 1. The lowest BCUT2D eigenvalue weighted by Crippen LogP contribution is -2.34. The van der Waals surface area contributed by atoms with Gasteiger partial charge < -0.3 is 11.1 Å². The predicted molar refractivity (Wildman–Crippen MR) is 62.6 cm³/mol. The molecule has 1 heterocycles. The number of aromatic nitrogens is 1. The number of nitrogens with two attached hydrogens (primary N) is 1. The van der Waals surface area contributed by atoms with Crippen molar-refractivity contribution >= 4 is 5.82 Å². The summed E-state index contributed by atoms with van der Waals surface area (Å²) >= 11 is 0. The van der Waals surface area contributed by atoms with Crippen LogP contribution in [0, 0.1) is 11.2 Å². The van der Waals surface area contributed by atoms with Crippen molar-refractivity contribution in [2.75, 3.05) is 18.4 Å². The fourth-order valence-electron chi connectivity index (χ4n) is 2.34. The fourth-order valence-corrected chi connectivity index (χ4v) is 2.34. The molecule has 1 aliphatic rings. The van der Waals surface area contributed by atoms with Crippen LogP contribution in [0.25, 0.3) is 0 Å². The van der Waals surface area contributed by atoms with E-state index in [2.05, 4.69) is 10.3 Å². The van der Waals surface area contributed by atoms with Crippen LogP contribution in [0.4, 0.5) is 10.2 Å². The Bertz CT molecular complexity index is 331. The van der Waals surface area contributed by atoms with E-state index in [1.807, 2.05) is 0 Å². The summed E-state index contributed by atoms with van der Waals surface area (Å²) in [5.41, 5.74) is 6.05. The summed E-state index contributed by atoms with van der Waals surface area (Å²) in [6.45, 7) is 1.54. The van der Waals surface area contributed by atoms with Gasteiger partial charge in [-0.1, -0.05) is 12.8 Å². The molecule has 0 amide bonds. The molecule has 0 atom stereocenters. The summed E-state index contributed by atoms with van der Waals surface area (Å²) in [5, 5.41) is 3.25. The standard InChI is InChI=1S/C12H18FN3/c13-10-3-4-11(15-7-10)16-9-12(8-14)5-1-2-6-12/h3-4,7H,1-2,5-6,8-9,14H2,(H,15,16). The molecule has 88 valence electrons. The molecule has 3 nitrogen and oxygen atoms in total. The van der Waals surface area contributed by atoms with Crippen molar-refractivity contribution in [3.05, 3.63) is 24.1 Å². The fraction of sp³-hybridized carbons (Fsp3) is 0.583. The zero-order valence-corrected chi connectivity index (χ0v) is 9.38. The molecule has 0 spiro atoms. The largest absolute Gasteiger partial charge is 0.369 e. The molecule has 2 rings (SSSR count). The van der Waals surface area contributed by atoms with Crippen LogP contribution in [0.3, 0.4) is 0 Å². The van der Waals surface area contributed by atoms with Gasteiger partial charge in [-0.3, -0.25) is 0 Å². The van der Waals surface area contributed by atoms with Crippen LogP contribution in [0.15, 0.2) is 18.3 Å². The van der Waals surface area contributed by atoms with E-state index in [1.165, 1.54) is 37.9 Å². The minimum atomic E-state index is -0.306. The van der Waals surface area contributed by atoms with Crippen LogP contribution in [0.2, 0.25) is 0 Å². The SMILES string of the molecule is NCC1(CNc2ccc(F)cn2)CCCC1. The Labute approximate surface area is 95.3 Å². The lowest BCUT2D eigenvalue weighted by atomic mass is 9.86. The first kappa shape index (κ1) is 11.3. The van der Waals surface area contributed by atoms with Gasteiger partial charge in [0.2, 0.25) is 0 Å². The summed E-state index contributed by atoms with van der Waals surface area (Å²) < 4.78 is 12.7. The Morgan fingerprint density at radius 3 is 2.69 bits per heavy atom. The van der Waals surface area contributed by atoms with E-state index < -0.39 is 0 Å². The molecule has 0 unspecified atom stereocenters. The highest BCUT2D eigenvalue weighted by molar-refractivity contribution is 5.33. The molecule has 3 N–H and O–H groups in total. The first-order valence-corrected chi connectivity index (χ1v) is 5.80. The van der Waals surface area contributed by atoms with Gasteiger partial charge >= 0.3 is 0 Å². The third-order valence-corrected chi connectivity index (χ3v) is 3.47. The number of hydrogen-bond donors (Lipinski definition) is 2. The van der Waals surface area contributed by atoms with E-state index in [0.717, 1.165) is 12.4 Å². The molecule has 0 radical (unpaired) electrons. The van der Waals surface area contributed by atoms with Gasteiger partial charge in [0.05, 0.1) is 6.20 Å². The lowest BCUT2D eigenvalue weighted by molar-refractivity contribution is 0.332. The Balaban J connectivity index is 1.93. The topological polar surface area (TPSA) is 50.9 Å². The quantitative estimate of drug-likeness (QED) is 0.822. The minimum absolute atomic E-state index is 0.218. The third-order valence-electron chi connectivity index (χ3n) is 3.47. The molecule has 0 aliphatic heterocycles. The van der Waals surface area contributed by atoms with E-state index in [4.69, 9.17) is 5.73 Å². The van der Waals surface area contributed by atoms with Crippen molar-refractivity contribution in [3.63, 3.8) is 0 Å². The van der Waals surface area contributed by atoms with E-state index in [-0.39, 0.29) is 11.2 Å². The van der Waals surface area contributed by atoms with E-state index in [9.17, 15) is 4.39 Å². The van der Waals surface area contributed by atoms with Crippen molar-refractivity contribution < 1.29 is 4.39 Å². The van der Waals surface area contributed by atoms with Gasteiger partial charge in [0, 0.05) is 6.54 Å². The van der Waals surface area contributed by atoms with Gasteiger partial charge in [0.25, 0.3) is 0 Å². The molecular formula is C12H18FN3. The Morgan fingerprint density at radius 2 is 2.12 bits per heavy atom. The zero-order chi connectivity index (χ0) is 11.4. The number of anilines is 1. The molecule has 4 heteroatoms. The highest BCUT2D eigenvalue weighted by Crippen LogP contribution is 2.36. The van der Waals surface area contributed by atoms with Gasteiger partial charge in [0.15, 0.2) is 0 Å². The zero-order valence-electron chi connectivity index (χ0n) is 9.38. The molecule has 1 fully saturated rings. The molecule has 0 bridgehead atoms. The van der Waals surface area contributed by atoms with Crippen molar-refractivity contribution in [3.8, 4) is 0 Å². The summed E-state index contributed by atoms with van der Waals surface area (Å²) in [7, 11) is 0. The number of halogens is 1. The normalized spacial score (nSPS) is 18.6. The molecule has 1 aromatic rings. The van der Waals surface area contributed by atoms with Crippen molar-refractivity contribution in [1.29, 1.82) is 0 Å². The van der Waals surface area contributed by atoms with Gasteiger partial charge in [-0.25, -0.2) is 9.37 Å². The molecule has 16 heavy (non-hydrogen) atoms. The van der Waals surface area contributed by atoms with Crippen molar-refractivity contribution in [2.45, 2.75) is 25.7 Å². The van der Waals surface area contributed by atoms with Gasteiger partial charge in [-0.05, 0) is 36.9 Å². The lowest BCUT2D eigenvalue weighted by Gasteiger charge is -2.27. The average Bonchev–Trinajstić information content (AvgIpc) is 2.78. The molecule has 0 aromatic carbocycles. The van der Waals surface area contributed by atoms with Crippen LogP contribution in [-0.2, 0) is 0 Å².